The maximum atomic E-state index is 12.6. The number of hydrogen-bond acceptors (Lipinski definition) is 4. The number of fused-ring (bicyclic) bond motifs is 2. The van der Waals surface area contributed by atoms with E-state index in [0.717, 1.165) is 12.0 Å². The van der Waals surface area contributed by atoms with Crippen LogP contribution in [0.4, 0.5) is 0 Å². The third-order valence-electron chi connectivity index (χ3n) is 3.97. The van der Waals surface area contributed by atoms with Crippen LogP contribution >= 0.6 is 11.6 Å². The molecule has 122 valence electrons. The zero-order valence-corrected chi connectivity index (χ0v) is 13.6. The van der Waals surface area contributed by atoms with E-state index in [0.29, 0.717) is 46.6 Å². The fourth-order valence-corrected chi connectivity index (χ4v) is 3.09. The van der Waals surface area contributed by atoms with Crippen molar-refractivity contribution in [1.82, 2.24) is 0 Å². The van der Waals surface area contributed by atoms with Gasteiger partial charge in [0.25, 0.3) is 0 Å². The third kappa shape index (κ3) is 2.74. The first-order valence-electron chi connectivity index (χ1n) is 7.78. The van der Waals surface area contributed by atoms with Crippen LogP contribution in [-0.4, -0.2) is 25.6 Å². The van der Waals surface area contributed by atoms with Gasteiger partial charge in [0.05, 0.1) is 23.8 Å². The highest BCUT2D eigenvalue weighted by Crippen LogP contribution is 2.39. The van der Waals surface area contributed by atoms with Gasteiger partial charge in [-0.2, -0.15) is 0 Å². The summed E-state index contributed by atoms with van der Waals surface area (Å²) in [5, 5.41) is 0.478. The SMILES string of the molecule is O=C1/C(=C/c2cc(Cl)c3c(c2)OCCCO3)COc2ccccc21. The highest BCUT2D eigenvalue weighted by molar-refractivity contribution is 6.32. The second-order valence-corrected chi connectivity index (χ2v) is 6.07. The van der Waals surface area contributed by atoms with Gasteiger partial charge in [0, 0.05) is 12.0 Å². The number of benzene rings is 2. The Hall–Kier alpha value is -2.46. The highest BCUT2D eigenvalue weighted by atomic mass is 35.5. The molecule has 0 fully saturated rings. The molecule has 0 aromatic heterocycles. The highest BCUT2D eigenvalue weighted by Gasteiger charge is 2.23. The van der Waals surface area contributed by atoms with Crippen molar-refractivity contribution in [3.05, 3.63) is 58.1 Å². The minimum Gasteiger partial charge on any atom is -0.489 e. The maximum Gasteiger partial charge on any atom is 0.196 e. The van der Waals surface area contributed by atoms with Crippen LogP contribution in [0.15, 0.2) is 42.0 Å². The van der Waals surface area contributed by atoms with Gasteiger partial charge in [0.2, 0.25) is 0 Å². The lowest BCUT2D eigenvalue weighted by molar-refractivity contribution is 0.100. The lowest BCUT2D eigenvalue weighted by atomic mass is 9.98. The first-order valence-corrected chi connectivity index (χ1v) is 8.16. The first-order chi connectivity index (χ1) is 11.7. The second-order valence-electron chi connectivity index (χ2n) is 5.66. The molecule has 2 aliphatic heterocycles. The van der Waals surface area contributed by atoms with E-state index in [2.05, 4.69) is 0 Å². The number of carbonyl (C=O) groups excluding carboxylic acids is 1. The van der Waals surface area contributed by atoms with Gasteiger partial charge in [-0.3, -0.25) is 4.79 Å². The molecule has 0 spiro atoms. The molecule has 0 N–H and O–H groups in total. The smallest absolute Gasteiger partial charge is 0.196 e. The summed E-state index contributed by atoms with van der Waals surface area (Å²) in [6.07, 6.45) is 2.60. The number of para-hydroxylation sites is 1. The van der Waals surface area contributed by atoms with Crippen molar-refractivity contribution in [3.63, 3.8) is 0 Å². The van der Waals surface area contributed by atoms with Crippen LogP contribution in [0.25, 0.3) is 6.08 Å². The molecule has 0 unspecified atom stereocenters. The van der Waals surface area contributed by atoms with E-state index in [9.17, 15) is 4.79 Å². The molecule has 2 aromatic carbocycles. The van der Waals surface area contributed by atoms with E-state index in [1.165, 1.54) is 0 Å². The molecule has 0 aliphatic carbocycles. The summed E-state index contributed by atoms with van der Waals surface area (Å²) in [6.45, 7) is 1.40. The molecule has 2 heterocycles. The Morgan fingerprint density at radius 2 is 1.83 bits per heavy atom. The van der Waals surface area contributed by atoms with Crippen molar-refractivity contribution < 1.29 is 19.0 Å². The quantitative estimate of drug-likeness (QED) is 0.730. The van der Waals surface area contributed by atoms with Crippen LogP contribution in [0.3, 0.4) is 0 Å². The summed E-state index contributed by atoms with van der Waals surface area (Å²) in [7, 11) is 0. The predicted octanol–water partition coefficient (Wildman–Crippen LogP) is 4.16. The molecule has 0 amide bonds. The van der Waals surface area contributed by atoms with Gasteiger partial charge in [-0.15, -0.1) is 0 Å². The summed E-state index contributed by atoms with van der Waals surface area (Å²) < 4.78 is 17.0. The molecule has 0 saturated heterocycles. The summed E-state index contributed by atoms with van der Waals surface area (Å²) >= 11 is 6.30. The molecular weight excluding hydrogens is 328 g/mol. The summed E-state index contributed by atoms with van der Waals surface area (Å²) in [6, 6.07) is 10.9. The third-order valence-corrected chi connectivity index (χ3v) is 4.25. The Bertz CT molecular complexity index is 841. The molecule has 0 bridgehead atoms. The van der Waals surface area contributed by atoms with E-state index < -0.39 is 0 Å². The van der Waals surface area contributed by atoms with Crippen molar-refractivity contribution in [2.75, 3.05) is 19.8 Å². The van der Waals surface area contributed by atoms with Crippen molar-refractivity contribution in [2.24, 2.45) is 0 Å². The number of carbonyl (C=O) groups is 1. The lowest BCUT2D eigenvalue weighted by Crippen LogP contribution is -2.18. The first kappa shape index (κ1) is 15.1. The van der Waals surface area contributed by atoms with Crippen LogP contribution in [0.1, 0.15) is 22.3 Å². The number of ether oxygens (including phenoxy) is 3. The maximum absolute atomic E-state index is 12.6. The topological polar surface area (TPSA) is 44.8 Å². The Morgan fingerprint density at radius 3 is 2.75 bits per heavy atom. The van der Waals surface area contributed by atoms with Crippen molar-refractivity contribution in [1.29, 1.82) is 0 Å². The van der Waals surface area contributed by atoms with E-state index in [-0.39, 0.29) is 12.4 Å². The van der Waals surface area contributed by atoms with Crippen molar-refractivity contribution in [2.45, 2.75) is 6.42 Å². The normalized spacial score (nSPS) is 17.9. The monoisotopic (exact) mass is 342 g/mol. The van der Waals surface area contributed by atoms with E-state index in [4.69, 9.17) is 25.8 Å². The molecular formula is C19H15ClO4. The Morgan fingerprint density at radius 1 is 1.00 bits per heavy atom. The average molecular weight is 343 g/mol. The van der Waals surface area contributed by atoms with Crippen molar-refractivity contribution in [3.8, 4) is 17.2 Å². The Kier molecular flexibility index (Phi) is 3.90. The van der Waals surface area contributed by atoms with Gasteiger partial charge < -0.3 is 14.2 Å². The van der Waals surface area contributed by atoms with Gasteiger partial charge in [0.15, 0.2) is 17.3 Å². The summed E-state index contributed by atoms with van der Waals surface area (Å²) in [4.78, 5) is 12.6. The number of ketones is 1. The zero-order valence-electron chi connectivity index (χ0n) is 12.9. The van der Waals surface area contributed by atoms with Gasteiger partial charge in [-0.1, -0.05) is 23.7 Å². The zero-order chi connectivity index (χ0) is 16.5. The second kappa shape index (κ2) is 6.21. The van der Waals surface area contributed by atoms with Crippen LogP contribution in [0, 0.1) is 0 Å². The molecule has 5 heteroatoms. The van der Waals surface area contributed by atoms with Gasteiger partial charge in [0.1, 0.15) is 12.4 Å². The van der Waals surface area contributed by atoms with Crippen LogP contribution < -0.4 is 14.2 Å². The molecule has 4 nitrogen and oxygen atoms in total. The van der Waals surface area contributed by atoms with Gasteiger partial charge in [-0.05, 0) is 35.9 Å². The molecule has 2 aliphatic rings. The Labute approximate surface area is 144 Å². The van der Waals surface area contributed by atoms with Crippen LogP contribution in [-0.2, 0) is 0 Å². The molecule has 24 heavy (non-hydrogen) atoms. The Balaban J connectivity index is 1.70. The van der Waals surface area contributed by atoms with Gasteiger partial charge >= 0.3 is 0 Å². The standard InChI is InChI=1S/C19H15ClO4/c20-15-9-12(10-17-19(15)23-7-3-6-22-17)8-13-11-24-16-5-2-1-4-14(16)18(13)21/h1-2,4-5,8-10H,3,6-7,11H2/b13-8+. The number of hydrogen-bond donors (Lipinski definition) is 0. The lowest BCUT2D eigenvalue weighted by Gasteiger charge is -2.18. The fraction of sp³-hybridized carbons (Fsp3) is 0.211. The molecule has 4 rings (SSSR count). The largest absolute Gasteiger partial charge is 0.489 e. The van der Waals surface area contributed by atoms with E-state index in [1.54, 1.807) is 24.3 Å². The van der Waals surface area contributed by atoms with E-state index >= 15 is 0 Å². The van der Waals surface area contributed by atoms with Gasteiger partial charge in [-0.25, -0.2) is 0 Å². The molecule has 2 aromatic rings. The molecule has 0 radical (unpaired) electrons. The predicted molar refractivity (Wildman–Crippen MR) is 91.3 cm³/mol. The number of halogens is 1. The minimum absolute atomic E-state index is 0.0277. The van der Waals surface area contributed by atoms with Crippen LogP contribution in [0.2, 0.25) is 5.02 Å². The van der Waals surface area contributed by atoms with Crippen LogP contribution in [0.5, 0.6) is 17.2 Å². The minimum atomic E-state index is -0.0277. The number of rotatable bonds is 1. The van der Waals surface area contributed by atoms with Crippen molar-refractivity contribution >= 4 is 23.5 Å². The number of Topliss-reactive ketones (excluding diaryl/α,β-unsaturated/α-hetero) is 1. The fourth-order valence-electron chi connectivity index (χ4n) is 2.82. The molecule has 0 atom stereocenters. The summed E-state index contributed by atoms with van der Waals surface area (Å²) in [5.74, 6) is 1.76. The molecule has 0 saturated carbocycles. The van der Waals surface area contributed by atoms with E-state index in [1.807, 2.05) is 18.2 Å². The summed E-state index contributed by atoms with van der Waals surface area (Å²) in [5.41, 5.74) is 1.95. The average Bonchev–Trinajstić information content (AvgIpc) is 2.83.